The van der Waals surface area contributed by atoms with Crippen molar-refractivity contribution in [3.05, 3.63) is 53.1 Å². The first-order valence-corrected chi connectivity index (χ1v) is 6.78. The Bertz CT molecular complexity index is 616. The highest BCUT2D eigenvalue weighted by Crippen LogP contribution is 2.29. The number of aromatic hydroxyl groups is 1. The summed E-state index contributed by atoms with van der Waals surface area (Å²) in [4.78, 5) is 12.4. The van der Waals surface area contributed by atoms with Crippen molar-refractivity contribution in [1.29, 1.82) is 0 Å². The molecule has 2 rings (SSSR count). The van der Waals surface area contributed by atoms with Crippen molar-refractivity contribution in [3.8, 4) is 5.75 Å². The van der Waals surface area contributed by atoms with Gasteiger partial charge in [-0.2, -0.15) is 0 Å². The van der Waals surface area contributed by atoms with E-state index < -0.39 is 0 Å². The fraction of sp³-hybridized carbons (Fsp3) is 0.0714. The van der Waals surface area contributed by atoms with Crippen LogP contribution in [0.3, 0.4) is 0 Å². The van der Waals surface area contributed by atoms with Crippen molar-refractivity contribution in [2.45, 2.75) is 11.8 Å². The topological polar surface area (TPSA) is 49.3 Å². The Morgan fingerprint density at radius 3 is 2.68 bits per heavy atom. The Hall–Kier alpha value is -1.65. The number of hydrogen-bond acceptors (Lipinski definition) is 3. The molecule has 0 spiro atoms. The Kier molecular flexibility index (Phi) is 4.35. The summed E-state index contributed by atoms with van der Waals surface area (Å²) in [6, 6.07) is 12.0. The number of phenolic OH excluding ortho intramolecular Hbond substituents is 1. The average molecular weight is 294 g/mol. The third kappa shape index (κ3) is 3.66. The first-order valence-electron chi connectivity index (χ1n) is 5.59. The average Bonchev–Trinajstić information content (AvgIpc) is 2.36. The number of benzene rings is 2. The van der Waals surface area contributed by atoms with Crippen LogP contribution in [0.4, 0.5) is 10.5 Å². The Labute approximate surface area is 120 Å². The van der Waals surface area contributed by atoms with Crippen LogP contribution >= 0.6 is 23.4 Å². The normalized spacial score (nSPS) is 10.2. The van der Waals surface area contributed by atoms with Crippen LogP contribution in [-0.4, -0.2) is 10.3 Å². The van der Waals surface area contributed by atoms with E-state index in [4.69, 9.17) is 11.6 Å². The smallest absolute Gasteiger partial charge is 0.288 e. The van der Waals surface area contributed by atoms with E-state index in [-0.39, 0.29) is 11.0 Å². The number of nitrogens with one attached hydrogen (secondary N) is 1. The second-order valence-electron chi connectivity index (χ2n) is 3.94. The van der Waals surface area contributed by atoms with E-state index >= 15 is 0 Å². The van der Waals surface area contributed by atoms with Crippen molar-refractivity contribution < 1.29 is 9.90 Å². The van der Waals surface area contributed by atoms with Gasteiger partial charge in [-0.05, 0) is 54.6 Å². The van der Waals surface area contributed by atoms with Crippen molar-refractivity contribution in [1.82, 2.24) is 0 Å². The summed E-state index contributed by atoms with van der Waals surface area (Å²) in [7, 11) is 0. The molecular weight excluding hydrogens is 282 g/mol. The number of carbonyl (C=O) groups is 1. The lowest BCUT2D eigenvalue weighted by Crippen LogP contribution is -2.05. The van der Waals surface area contributed by atoms with Crippen LogP contribution < -0.4 is 5.32 Å². The van der Waals surface area contributed by atoms with Crippen LogP contribution in [0, 0.1) is 6.92 Å². The van der Waals surface area contributed by atoms with Gasteiger partial charge in [-0.25, -0.2) is 0 Å². The van der Waals surface area contributed by atoms with Crippen LogP contribution in [0.25, 0.3) is 0 Å². The highest BCUT2D eigenvalue weighted by molar-refractivity contribution is 8.14. The van der Waals surface area contributed by atoms with Gasteiger partial charge < -0.3 is 10.4 Å². The second-order valence-corrected chi connectivity index (χ2v) is 5.39. The zero-order chi connectivity index (χ0) is 13.8. The molecule has 2 aromatic carbocycles. The lowest BCUT2D eigenvalue weighted by atomic mass is 10.2. The Morgan fingerprint density at radius 2 is 2.00 bits per heavy atom. The van der Waals surface area contributed by atoms with Crippen LogP contribution in [-0.2, 0) is 0 Å². The minimum atomic E-state index is -0.257. The maximum Gasteiger partial charge on any atom is 0.288 e. The van der Waals surface area contributed by atoms with Crippen molar-refractivity contribution in [2.24, 2.45) is 0 Å². The molecular formula is C14H12ClNO2S. The number of hydrogen-bond donors (Lipinski definition) is 2. The summed E-state index contributed by atoms with van der Waals surface area (Å²) in [5.41, 5.74) is 1.59. The molecule has 0 unspecified atom stereocenters. The molecule has 0 bridgehead atoms. The molecule has 0 aromatic heterocycles. The fourth-order valence-electron chi connectivity index (χ4n) is 1.55. The highest BCUT2D eigenvalue weighted by Gasteiger charge is 2.09. The predicted octanol–water partition coefficient (Wildman–Crippen LogP) is 4.68. The van der Waals surface area contributed by atoms with Crippen LogP contribution in [0.1, 0.15) is 5.56 Å². The van der Waals surface area contributed by atoms with Gasteiger partial charge in [0.25, 0.3) is 5.24 Å². The maximum absolute atomic E-state index is 11.9. The van der Waals surface area contributed by atoms with Gasteiger partial charge in [0, 0.05) is 10.7 Å². The van der Waals surface area contributed by atoms with Gasteiger partial charge in [0.05, 0.1) is 4.90 Å². The number of carbonyl (C=O) groups excluding carboxylic acids is 1. The summed E-state index contributed by atoms with van der Waals surface area (Å²) in [6.45, 7) is 1.87. The predicted molar refractivity (Wildman–Crippen MR) is 79.2 cm³/mol. The number of phenols is 1. The molecule has 0 aliphatic heterocycles. The monoisotopic (exact) mass is 293 g/mol. The zero-order valence-electron chi connectivity index (χ0n) is 10.2. The molecule has 1 amide bonds. The van der Waals surface area contributed by atoms with E-state index in [1.54, 1.807) is 42.5 Å². The minimum absolute atomic E-state index is 0.0930. The molecule has 0 aliphatic carbocycles. The molecule has 98 valence electrons. The van der Waals surface area contributed by atoms with Gasteiger partial charge in [0.2, 0.25) is 0 Å². The number of para-hydroxylation sites is 1. The number of aryl methyl sites for hydroxylation is 1. The second kappa shape index (κ2) is 5.99. The summed E-state index contributed by atoms with van der Waals surface area (Å²) < 4.78 is 0. The highest BCUT2D eigenvalue weighted by atomic mass is 35.5. The van der Waals surface area contributed by atoms with Crippen molar-refractivity contribution >= 4 is 34.3 Å². The molecule has 0 atom stereocenters. The van der Waals surface area contributed by atoms with E-state index in [2.05, 4.69) is 5.32 Å². The third-order valence-corrected chi connectivity index (χ3v) is 3.58. The molecule has 0 heterocycles. The summed E-state index contributed by atoms with van der Waals surface area (Å²) >= 11 is 6.80. The van der Waals surface area contributed by atoms with Crippen molar-refractivity contribution in [2.75, 3.05) is 5.32 Å². The molecule has 2 N–H and O–H groups in total. The molecule has 0 radical (unpaired) electrons. The number of halogens is 1. The summed E-state index contributed by atoms with van der Waals surface area (Å²) in [5, 5.41) is 12.7. The van der Waals surface area contributed by atoms with Gasteiger partial charge in [0.15, 0.2) is 0 Å². The van der Waals surface area contributed by atoms with Gasteiger partial charge in [-0.15, -0.1) is 0 Å². The molecule has 0 fully saturated rings. The molecule has 19 heavy (non-hydrogen) atoms. The van der Waals surface area contributed by atoms with Crippen molar-refractivity contribution in [3.63, 3.8) is 0 Å². The Balaban J connectivity index is 2.08. The third-order valence-electron chi connectivity index (χ3n) is 2.49. The number of rotatable bonds is 2. The molecule has 0 aliphatic rings. The minimum Gasteiger partial charge on any atom is -0.507 e. The first-order chi connectivity index (χ1) is 9.06. The molecule has 2 aromatic rings. The largest absolute Gasteiger partial charge is 0.507 e. The fourth-order valence-corrected chi connectivity index (χ4v) is 2.45. The van der Waals surface area contributed by atoms with E-state index in [1.807, 2.05) is 6.92 Å². The van der Waals surface area contributed by atoms with Gasteiger partial charge in [0.1, 0.15) is 5.75 Å². The van der Waals surface area contributed by atoms with Gasteiger partial charge >= 0.3 is 0 Å². The SMILES string of the molecule is Cc1cc(Cl)ccc1NC(=O)Sc1ccccc1O. The molecule has 3 nitrogen and oxygen atoms in total. The molecule has 0 saturated heterocycles. The number of thioether (sulfide) groups is 1. The molecule has 0 saturated carbocycles. The summed E-state index contributed by atoms with van der Waals surface area (Å²) in [6.07, 6.45) is 0. The number of anilines is 1. The summed E-state index contributed by atoms with van der Waals surface area (Å²) in [5.74, 6) is 0.0930. The number of amides is 1. The lowest BCUT2D eigenvalue weighted by molar-refractivity contribution is 0.269. The van der Waals surface area contributed by atoms with Crippen LogP contribution in [0.15, 0.2) is 47.4 Å². The van der Waals surface area contributed by atoms with Crippen LogP contribution in [0.2, 0.25) is 5.02 Å². The van der Waals surface area contributed by atoms with E-state index in [1.165, 1.54) is 0 Å². The quantitative estimate of drug-likeness (QED) is 0.791. The van der Waals surface area contributed by atoms with Gasteiger partial charge in [-0.1, -0.05) is 23.7 Å². The lowest BCUT2D eigenvalue weighted by Gasteiger charge is -2.08. The first kappa shape index (κ1) is 13.8. The van der Waals surface area contributed by atoms with E-state index in [0.29, 0.717) is 15.6 Å². The molecule has 5 heteroatoms. The maximum atomic E-state index is 11.9. The van der Waals surface area contributed by atoms with Crippen LogP contribution in [0.5, 0.6) is 5.75 Å². The standard InChI is InChI=1S/C14H12ClNO2S/c1-9-8-10(15)6-7-11(9)16-14(18)19-13-5-3-2-4-12(13)17/h2-8,17H,1H3,(H,16,18). The van der Waals surface area contributed by atoms with Gasteiger partial charge in [-0.3, -0.25) is 4.79 Å². The van der Waals surface area contributed by atoms with E-state index in [9.17, 15) is 9.90 Å². The Morgan fingerprint density at radius 1 is 1.26 bits per heavy atom. The zero-order valence-corrected chi connectivity index (χ0v) is 11.8. The van der Waals surface area contributed by atoms with E-state index in [0.717, 1.165) is 17.3 Å².